The molecule has 35 heavy (non-hydrogen) atoms. The van der Waals surface area contributed by atoms with Gasteiger partial charge < -0.3 is 9.30 Å². The van der Waals surface area contributed by atoms with Crippen LogP contribution in [0.15, 0.2) is 78.9 Å². The number of carbonyl (C=O) groups excluding carboxylic acids is 3. The average Bonchev–Trinajstić information content (AvgIpc) is 3.25. The number of imidazole rings is 1. The van der Waals surface area contributed by atoms with E-state index in [1.807, 2.05) is 78.2 Å². The van der Waals surface area contributed by atoms with Gasteiger partial charge in [-0.05, 0) is 31.5 Å². The molecule has 0 radical (unpaired) electrons. The fourth-order valence-electron chi connectivity index (χ4n) is 4.62. The summed E-state index contributed by atoms with van der Waals surface area (Å²) in [5.41, 5.74) is 3.75. The van der Waals surface area contributed by atoms with Crippen molar-refractivity contribution in [2.24, 2.45) is 5.92 Å². The van der Waals surface area contributed by atoms with E-state index in [1.165, 1.54) is 4.90 Å². The minimum absolute atomic E-state index is 0.143. The van der Waals surface area contributed by atoms with Gasteiger partial charge in [-0.15, -0.1) is 0 Å². The van der Waals surface area contributed by atoms with E-state index in [0.29, 0.717) is 17.0 Å². The molecule has 3 aromatic carbocycles. The minimum Gasteiger partial charge on any atom is -0.465 e. The number of fused-ring (bicyclic) bond motifs is 3. The van der Waals surface area contributed by atoms with Gasteiger partial charge in [0.05, 0.1) is 30.2 Å². The summed E-state index contributed by atoms with van der Waals surface area (Å²) in [5, 5.41) is 0. The molecule has 0 unspecified atom stereocenters. The van der Waals surface area contributed by atoms with Crippen molar-refractivity contribution in [1.29, 1.82) is 0 Å². The number of anilines is 1. The number of hydrogen-bond acceptors (Lipinski definition) is 5. The summed E-state index contributed by atoms with van der Waals surface area (Å²) in [5.74, 6) is -2.18. The number of aromatic nitrogens is 2. The molecule has 0 aliphatic carbocycles. The minimum atomic E-state index is -1.16. The zero-order valence-corrected chi connectivity index (χ0v) is 19.5. The van der Waals surface area contributed by atoms with E-state index in [9.17, 15) is 14.4 Å². The van der Waals surface area contributed by atoms with Crippen LogP contribution in [-0.2, 0) is 14.3 Å². The van der Waals surface area contributed by atoms with Gasteiger partial charge in [0.15, 0.2) is 11.7 Å². The van der Waals surface area contributed by atoms with E-state index < -0.39 is 23.8 Å². The van der Waals surface area contributed by atoms with Crippen LogP contribution in [0.5, 0.6) is 0 Å². The van der Waals surface area contributed by atoms with Crippen molar-refractivity contribution in [3.05, 3.63) is 95.6 Å². The van der Waals surface area contributed by atoms with E-state index in [4.69, 9.17) is 9.72 Å². The molecule has 0 saturated carbocycles. The lowest BCUT2D eigenvalue weighted by atomic mass is 9.89. The van der Waals surface area contributed by atoms with Crippen molar-refractivity contribution in [1.82, 2.24) is 9.55 Å². The molecule has 0 spiro atoms. The van der Waals surface area contributed by atoms with Crippen LogP contribution in [0.4, 0.5) is 5.95 Å². The van der Waals surface area contributed by atoms with Gasteiger partial charge in [-0.2, -0.15) is 0 Å². The number of carbonyl (C=O) groups is 3. The number of ether oxygens (including phenoxy) is 1. The molecule has 176 valence electrons. The average molecular weight is 468 g/mol. The molecule has 1 aromatic heterocycles. The van der Waals surface area contributed by atoms with Gasteiger partial charge in [0.2, 0.25) is 11.9 Å². The van der Waals surface area contributed by atoms with Gasteiger partial charge in [-0.3, -0.25) is 19.3 Å². The van der Waals surface area contributed by atoms with E-state index in [1.54, 1.807) is 19.1 Å². The third kappa shape index (κ3) is 3.99. The molecule has 5 rings (SSSR count). The zero-order chi connectivity index (χ0) is 24.5. The number of para-hydroxylation sites is 2. The van der Waals surface area contributed by atoms with E-state index >= 15 is 0 Å². The Morgan fingerprint density at radius 3 is 2.34 bits per heavy atom. The van der Waals surface area contributed by atoms with Crippen molar-refractivity contribution in [2.45, 2.75) is 19.9 Å². The number of esters is 1. The molecule has 0 fully saturated rings. The summed E-state index contributed by atoms with van der Waals surface area (Å²) in [7, 11) is 0. The second-order valence-corrected chi connectivity index (χ2v) is 8.57. The number of nitrogens with zero attached hydrogens (tertiary/aromatic N) is 3. The largest absolute Gasteiger partial charge is 0.465 e. The Balaban J connectivity index is 1.68. The van der Waals surface area contributed by atoms with E-state index in [-0.39, 0.29) is 18.9 Å². The predicted octanol–water partition coefficient (Wildman–Crippen LogP) is 4.34. The topological polar surface area (TPSA) is 81.5 Å². The summed E-state index contributed by atoms with van der Waals surface area (Å²) in [6, 6.07) is 23.4. The summed E-state index contributed by atoms with van der Waals surface area (Å²) in [4.78, 5) is 46.4. The highest BCUT2D eigenvalue weighted by atomic mass is 16.5. The van der Waals surface area contributed by atoms with Crippen molar-refractivity contribution in [3.8, 4) is 0 Å². The Morgan fingerprint density at radius 2 is 1.63 bits per heavy atom. The normalized spacial score (nSPS) is 17.3. The lowest BCUT2D eigenvalue weighted by molar-refractivity contribution is -0.153. The first kappa shape index (κ1) is 22.5. The van der Waals surface area contributed by atoms with Crippen LogP contribution in [0.2, 0.25) is 0 Å². The lowest BCUT2D eigenvalue weighted by Gasteiger charge is -2.37. The van der Waals surface area contributed by atoms with Crippen LogP contribution in [0.25, 0.3) is 11.0 Å². The molecule has 4 aromatic rings. The first-order valence-corrected chi connectivity index (χ1v) is 11.6. The number of aryl methyl sites for hydroxylation is 1. The first-order chi connectivity index (χ1) is 17.0. The van der Waals surface area contributed by atoms with Gasteiger partial charge in [0.25, 0.3) is 0 Å². The highest BCUT2D eigenvalue weighted by Gasteiger charge is 2.48. The zero-order valence-electron chi connectivity index (χ0n) is 19.5. The van der Waals surface area contributed by atoms with Crippen LogP contribution in [0.3, 0.4) is 0 Å². The van der Waals surface area contributed by atoms with Crippen molar-refractivity contribution in [2.75, 3.05) is 18.1 Å². The van der Waals surface area contributed by atoms with Gasteiger partial charge in [0, 0.05) is 5.56 Å². The standard InChI is InChI=1S/C28H25N3O4/c1-3-35-27(34)24-25(20-9-5-4-6-10-20)31-22-12-8-7-11-21(22)29-28(31)30(26(24)33)17-23(32)19-15-13-18(2)14-16-19/h4-16,24-25H,3,17H2,1-2H3/t24-,25-/m1/s1. The van der Waals surface area contributed by atoms with Gasteiger partial charge in [-0.25, -0.2) is 4.98 Å². The number of Topliss-reactive ketones (excluding diaryl/α,β-unsaturated/α-hetero) is 1. The van der Waals surface area contributed by atoms with Crippen LogP contribution in [0.1, 0.15) is 34.5 Å². The van der Waals surface area contributed by atoms with Crippen LogP contribution in [0, 0.1) is 12.8 Å². The molecule has 7 nitrogen and oxygen atoms in total. The van der Waals surface area contributed by atoms with Crippen molar-refractivity contribution >= 4 is 34.6 Å². The van der Waals surface area contributed by atoms with E-state index in [0.717, 1.165) is 16.6 Å². The molecule has 1 amide bonds. The molecule has 0 bridgehead atoms. The van der Waals surface area contributed by atoms with Crippen LogP contribution < -0.4 is 4.90 Å². The maximum Gasteiger partial charge on any atom is 0.321 e. The van der Waals surface area contributed by atoms with Gasteiger partial charge in [-0.1, -0.05) is 72.3 Å². The molecule has 0 saturated heterocycles. The number of amides is 1. The lowest BCUT2D eigenvalue weighted by Crippen LogP contribution is -2.51. The molecule has 0 N–H and O–H groups in total. The maximum atomic E-state index is 13.9. The smallest absolute Gasteiger partial charge is 0.321 e. The highest BCUT2D eigenvalue weighted by molar-refractivity contribution is 6.12. The second-order valence-electron chi connectivity index (χ2n) is 8.57. The third-order valence-electron chi connectivity index (χ3n) is 6.30. The summed E-state index contributed by atoms with van der Waals surface area (Å²) in [6.07, 6.45) is 0. The Kier molecular flexibility index (Phi) is 5.91. The highest BCUT2D eigenvalue weighted by Crippen LogP contribution is 2.41. The number of rotatable bonds is 6. The van der Waals surface area contributed by atoms with Crippen molar-refractivity contribution < 1.29 is 19.1 Å². The number of hydrogen-bond donors (Lipinski definition) is 0. The van der Waals surface area contributed by atoms with Gasteiger partial charge >= 0.3 is 5.97 Å². The summed E-state index contributed by atoms with van der Waals surface area (Å²) in [6.45, 7) is 3.56. The Hall–Kier alpha value is -4.26. The SMILES string of the molecule is CCOC(=O)[C@H]1C(=O)N(CC(=O)c2ccc(C)cc2)c2nc3ccccc3n2[C@@H]1c1ccccc1. The predicted molar refractivity (Wildman–Crippen MR) is 132 cm³/mol. The molecule has 1 aliphatic heterocycles. The summed E-state index contributed by atoms with van der Waals surface area (Å²) >= 11 is 0. The fourth-order valence-corrected chi connectivity index (χ4v) is 4.62. The second kappa shape index (κ2) is 9.18. The quantitative estimate of drug-likeness (QED) is 0.239. The Morgan fingerprint density at radius 1 is 0.943 bits per heavy atom. The monoisotopic (exact) mass is 467 g/mol. The molecule has 7 heteroatoms. The first-order valence-electron chi connectivity index (χ1n) is 11.6. The fraction of sp³-hybridized carbons (Fsp3) is 0.214. The Labute approximate surface area is 203 Å². The van der Waals surface area contributed by atoms with Crippen LogP contribution in [-0.4, -0.2) is 40.4 Å². The maximum absolute atomic E-state index is 13.9. The molecular formula is C28H25N3O4. The molecule has 2 heterocycles. The molecule has 2 atom stereocenters. The number of benzene rings is 3. The van der Waals surface area contributed by atoms with Gasteiger partial charge in [0.1, 0.15) is 0 Å². The van der Waals surface area contributed by atoms with E-state index in [2.05, 4.69) is 0 Å². The van der Waals surface area contributed by atoms with Crippen molar-refractivity contribution in [3.63, 3.8) is 0 Å². The summed E-state index contributed by atoms with van der Waals surface area (Å²) < 4.78 is 7.24. The molecule has 1 aliphatic rings. The van der Waals surface area contributed by atoms with Crippen LogP contribution >= 0.6 is 0 Å². The molecular weight excluding hydrogens is 442 g/mol. The number of ketones is 1. The Bertz CT molecular complexity index is 1410. The third-order valence-corrected chi connectivity index (χ3v) is 6.30.